The average Bonchev–Trinajstić information content (AvgIpc) is 3.32. The lowest BCUT2D eigenvalue weighted by molar-refractivity contribution is 0.0978. The van der Waals surface area contributed by atoms with E-state index < -0.39 is 0 Å². The summed E-state index contributed by atoms with van der Waals surface area (Å²) in [6, 6.07) is 15.6. The molecule has 4 heterocycles. The molecule has 6 nitrogen and oxygen atoms in total. The summed E-state index contributed by atoms with van der Waals surface area (Å²) in [6.07, 6.45) is 3.61. The topological polar surface area (TPSA) is 63.4 Å². The van der Waals surface area contributed by atoms with Gasteiger partial charge in [0.05, 0.1) is 28.1 Å². The van der Waals surface area contributed by atoms with Crippen LogP contribution < -0.4 is 4.90 Å². The maximum absolute atomic E-state index is 13.9. The standard InChI is InChI=1S/C24H21N5OS/c1-15-12-16(2)22-19(13-15)27-24(31-22)29(14-18-8-4-6-10-25-18)23(30)21-17(3)26-20-9-5-7-11-28(20)21/h4-13H,14H2,1-3H3. The Morgan fingerprint density at radius 3 is 2.71 bits per heavy atom. The molecule has 5 aromatic rings. The van der Waals surface area contributed by atoms with Gasteiger partial charge in [-0.1, -0.05) is 29.5 Å². The number of rotatable bonds is 4. The molecule has 0 aliphatic carbocycles. The Bertz CT molecular complexity index is 1420. The minimum Gasteiger partial charge on any atom is -0.295 e. The van der Waals surface area contributed by atoms with Crippen molar-refractivity contribution in [2.45, 2.75) is 27.3 Å². The largest absolute Gasteiger partial charge is 0.295 e. The van der Waals surface area contributed by atoms with Crippen molar-refractivity contribution in [1.29, 1.82) is 0 Å². The molecule has 0 spiro atoms. The number of benzene rings is 1. The molecular weight excluding hydrogens is 406 g/mol. The summed E-state index contributed by atoms with van der Waals surface area (Å²) in [6.45, 7) is 6.34. The number of carbonyl (C=O) groups is 1. The zero-order valence-electron chi connectivity index (χ0n) is 17.5. The molecule has 5 rings (SSSR count). The van der Waals surface area contributed by atoms with Crippen molar-refractivity contribution in [3.8, 4) is 0 Å². The fourth-order valence-corrected chi connectivity index (χ4v) is 4.87. The zero-order chi connectivity index (χ0) is 21.5. The lowest BCUT2D eigenvalue weighted by Crippen LogP contribution is -2.32. The van der Waals surface area contributed by atoms with E-state index in [1.165, 1.54) is 11.3 Å². The molecule has 0 bridgehead atoms. The van der Waals surface area contributed by atoms with E-state index in [0.29, 0.717) is 23.1 Å². The number of pyridine rings is 2. The third-order valence-corrected chi connectivity index (χ3v) is 6.47. The summed E-state index contributed by atoms with van der Waals surface area (Å²) in [5.41, 5.74) is 6.00. The van der Waals surface area contributed by atoms with Crippen LogP contribution in [0, 0.1) is 20.8 Å². The highest BCUT2D eigenvalue weighted by Gasteiger charge is 2.27. The maximum Gasteiger partial charge on any atom is 0.279 e. The van der Waals surface area contributed by atoms with Gasteiger partial charge < -0.3 is 0 Å². The van der Waals surface area contributed by atoms with Gasteiger partial charge in [-0.3, -0.25) is 19.1 Å². The van der Waals surface area contributed by atoms with Gasteiger partial charge in [0.1, 0.15) is 11.3 Å². The van der Waals surface area contributed by atoms with Crippen LogP contribution >= 0.6 is 11.3 Å². The first-order chi connectivity index (χ1) is 15.0. The van der Waals surface area contributed by atoms with Crippen LogP contribution in [0.5, 0.6) is 0 Å². The van der Waals surface area contributed by atoms with Gasteiger partial charge in [0, 0.05) is 12.4 Å². The van der Waals surface area contributed by atoms with Crippen LogP contribution in [-0.4, -0.2) is 25.3 Å². The van der Waals surface area contributed by atoms with Gasteiger partial charge in [-0.2, -0.15) is 0 Å². The van der Waals surface area contributed by atoms with Crippen LogP contribution in [0.15, 0.2) is 60.9 Å². The van der Waals surface area contributed by atoms with Gasteiger partial charge >= 0.3 is 0 Å². The summed E-state index contributed by atoms with van der Waals surface area (Å²) in [5, 5.41) is 0.657. The van der Waals surface area contributed by atoms with E-state index in [1.807, 2.05) is 53.9 Å². The second kappa shape index (κ2) is 7.59. The molecule has 7 heteroatoms. The molecule has 31 heavy (non-hydrogen) atoms. The summed E-state index contributed by atoms with van der Waals surface area (Å²) < 4.78 is 2.93. The fourth-order valence-electron chi connectivity index (χ4n) is 3.86. The number of imidazole rings is 1. The molecule has 0 saturated carbocycles. The Hall–Kier alpha value is -3.58. The van der Waals surface area contributed by atoms with Crippen molar-refractivity contribution in [2.24, 2.45) is 0 Å². The van der Waals surface area contributed by atoms with Gasteiger partial charge in [-0.15, -0.1) is 0 Å². The Balaban J connectivity index is 1.66. The highest BCUT2D eigenvalue weighted by Crippen LogP contribution is 2.33. The van der Waals surface area contributed by atoms with E-state index >= 15 is 0 Å². The van der Waals surface area contributed by atoms with Crippen molar-refractivity contribution in [2.75, 3.05) is 4.90 Å². The van der Waals surface area contributed by atoms with Crippen molar-refractivity contribution in [1.82, 2.24) is 19.4 Å². The number of amides is 1. The quantitative estimate of drug-likeness (QED) is 0.400. The molecule has 0 saturated heterocycles. The number of thiazole rings is 1. The molecule has 0 aliphatic heterocycles. The lowest BCUT2D eigenvalue weighted by atomic mass is 10.1. The van der Waals surface area contributed by atoms with Crippen LogP contribution in [-0.2, 0) is 6.54 Å². The molecule has 0 N–H and O–H groups in total. The fraction of sp³-hybridized carbons (Fsp3) is 0.167. The molecule has 0 fully saturated rings. The predicted octanol–water partition coefficient (Wildman–Crippen LogP) is 5.11. The Morgan fingerprint density at radius 1 is 1.06 bits per heavy atom. The molecule has 0 aliphatic rings. The number of anilines is 1. The van der Waals surface area contributed by atoms with Crippen LogP contribution in [0.1, 0.15) is 33.0 Å². The number of nitrogens with zero attached hydrogens (tertiary/aromatic N) is 5. The molecule has 154 valence electrons. The third kappa shape index (κ3) is 3.47. The number of aromatic nitrogens is 4. The van der Waals surface area contributed by atoms with Gasteiger partial charge in [-0.25, -0.2) is 9.97 Å². The average molecular weight is 428 g/mol. The van der Waals surface area contributed by atoms with Crippen molar-refractivity contribution in [3.05, 3.63) is 89.1 Å². The first-order valence-electron chi connectivity index (χ1n) is 10.0. The summed E-state index contributed by atoms with van der Waals surface area (Å²) in [5.74, 6) is -0.143. The predicted molar refractivity (Wildman–Crippen MR) is 124 cm³/mol. The second-order valence-electron chi connectivity index (χ2n) is 7.61. The normalized spacial score (nSPS) is 11.3. The second-order valence-corrected chi connectivity index (χ2v) is 8.59. The van der Waals surface area contributed by atoms with E-state index in [-0.39, 0.29) is 5.91 Å². The van der Waals surface area contributed by atoms with Gasteiger partial charge in [0.15, 0.2) is 5.13 Å². The summed E-state index contributed by atoms with van der Waals surface area (Å²) in [7, 11) is 0. The summed E-state index contributed by atoms with van der Waals surface area (Å²) in [4.78, 5) is 29.4. The van der Waals surface area contributed by atoms with Crippen LogP contribution in [0.2, 0.25) is 0 Å². The van der Waals surface area contributed by atoms with Crippen LogP contribution in [0.4, 0.5) is 5.13 Å². The number of hydrogen-bond acceptors (Lipinski definition) is 5. The van der Waals surface area contributed by atoms with Crippen molar-refractivity contribution in [3.63, 3.8) is 0 Å². The number of fused-ring (bicyclic) bond motifs is 2. The molecule has 1 amide bonds. The SMILES string of the molecule is Cc1cc(C)c2sc(N(Cc3ccccn3)C(=O)c3c(C)nc4ccccn34)nc2c1. The van der Waals surface area contributed by atoms with E-state index in [1.54, 1.807) is 11.1 Å². The number of hydrogen-bond donors (Lipinski definition) is 0. The zero-order valence-corrected chi connectivity index (χ0v) is 18.3. The molecule has 0 radical (unpaired) electrons. The Kier molecular flexibility index (Phi) is 4.75. The molecular formula is C24H21N5OS. The smallest absolute Gasteiger partial charge is 0.279 e. The molecule has 1 aromatic carbocycles. The van der Waals surface area contributed by atoms with Crippen LogP contribution in [0.3, 0.4) is 0 Å². The van der Waals surface area contributed by atoms with Crippen LogP contribution in [0.25, 0.3) is 15.9 Å². The minimum atomic E-state index is -0.143. The summed E-state index contributed by atoms with van der Waals surface area (Å²) >= 11 is 1.53. The first kappa shape index (κ1) is 19.4. The first-order valence-corrected chi connectivity index (χ1v) is 10.9. The monoisotopic (exact) mass is 427 g/mol. The van der Waals surface area contributed by atoms with E-state index in [4.69, 9.17) is 4.98 Å². The van der Waals surface area contributed by atoms with Crippen molar-refractivity contribution >= 4 is 38.2 Å². The van der Waals surface area contributed by atoms with Gasteiger partial charge in [-0.05, 0) is 62.2 Å². The van der Waals surface area contributed by atoms with E-state index in [0.717, 1.165) is 32.7 Å². The van der Waals surface area contributed by atoms with E-state index in [9.17, 15) is 4.79 Å². The number of carbonyl (C=O) groups excluding carboxylic acids is 1. The lowest BCUT2D eigenvalue weighted by Gasteiger charge is -2.19. The number of aryl methyl sites for hydroxylation is 3. The molecule has 0 atom stereocenters. The Labute approximate surface area is 183 Å². The Morgan fingerprint density at radius 2 is 1.90 bits per heavy atom. The maximum atomic E-state index is 13.9. The van der Waals surface area contributed by atoms with Crippen molar-refractivity contribution < 1.29 is 4.79 Å². The molecule has 0 unspecified atom stereocenters. The van der Waals surface area contributed by atoms with Gasteiger partial charge in [0.2, 0.25) is 0 Å². The van der Waals surface area contributed by atoms with Gasteiger partial charge in [0.25, 0.3) is 5.91 Å². The molecule has 4 aromatic heterocycles. The highest BCUT2D eigenvalue weighted by molar-refractivity contribution is 7.22. The highest BCUT2D eigenvalue weighted by atomic mass is 32.1. The minimum absolute atomic E-state index is 0.143. The van der Waals surface area contributed by atoms with E-state index in [2.05, 4.69) is 35.9 Å². The third-order valence-electron chi connectivity index (χ3n) is 5.24.